The van der Waals surface area contributed by atoms with Gasteiger partial charge in [-0.05, 0) is 38.0 Å². The average Bonchev–Trinajstić information content (AvgIpc) is 3.21. The third kappa shape index (κ3) is 5.71. The van der Waals surface area contributed by atoms with Gasteiger partial charge in [0.15, 0.2) is 0 Å². The van der Waals surface area contributed by atoms with Gasteiger partial charge in [-0.25, -0.2) is 9.97 Å². The van der Waals surface area contributed by atoms with Crippen molar-refractivity contribution in [2.75, 3.05) is 19.7 Å². The molecule has 31 heavy (non-hydrogen) atoms. The first-order chi connectivity index (χ1) is 14.6. The number of carbonyl (C=O) groups is 2. The first-order valence-corrected chi connectivity index (χ1v) is 9.86. The minimum absolute atomic E-state index is 0.0223. The Morgan fingerprint density at radius 1 is 1.32 bits per heavy atom. The van der Waals surface area contributed by atoms with Crippen LogP contribution in [0.2, 0.25) is 0 Å². The number of hydrogen-bond donors (Lipinski definition) is 1. The Bertz CT molecular complexity index is 965. The van der Waals surface area contributed by atoms with E-state index in [1.807, 2.05) is 0 Å². The van der Waals surface area contributed by atoms with Gasteiger partial charge >= 0.3 is 6.18 Å². The van der Waals surface area contributed by atoms with Crippen LogP contribution in [0.4, 0.5) is 13.2 Å². The third-order valence-corrected chi connectivity index (χ3v) is 5.13. The van der Waals surface area contributed by atoms with E-state index in [1.165, 1.54) is 18.3 Å². The lowest BCUT2D eigenvalue weighted by Crippen LogP contribution is -2.28. The summed E-state index contributed by atoms with van der Waals surface area (Å²) in [6, 6.07) is 4.66. The van der Waals surface area contributed by atoms with Crippen molar-refractivity contribution in [3.05, 3.63) is 53.1 Å². The predicted molar refractivity (Wildman–Crippen MR) is 105 cm³/mol. The van der Waals surface area contributed by atoms with Crippen LogP contribution in [-0.4, -0.2) is 46.4 Å². The molecule has 0 spiro atoms. The standard InChI is InChI=1S/C21H23F3N4O3/c1-13-17(19(25)30)11-26-20(27-13)14-7-8-28(12-14)18(29)6-3-9-31-16-5-2-4-15(10-16)21(22,23)24/h2,4-5,10-11,14H,3,6-9,12H2,1H3,(H2,25,30)/t14-/m0/s1. The molecule has 2 amide bonds. The van der Waals surface area contributed by atoms with E-state index >= 15 is 0 Å². The zero-order valence-electron chi connectivity index (χ0n) is 17.0. The summed E-state index contributed by atoms with van der Waals surface area (Å²) in [5, 5.41) is 0. The summed E-state index contributed by atoms with van der Waals surface area (Å²) in [5.74, 6) is 0.0345. The highest BCUT2D eigenvalue weighted by Gasteiger charge is 2.31. The molecule has 0 unspecified atom stereocenters. The number of rotatable bonds is 7. The molecule has 2 heterocycles. The number of halogens is 3. The van der Waals surface area contributed by atoms with Crippen molar-refractivity contribution < 1.29 is 27.5 Å². The zero-order valence-corrected chi connectivity index (χ0v) is 17.0. The molecular formula is C21H23F3N4O3. The van der Waals surface area contributed by atoms with Gasteiger partial charge < -0.3 is 15.4 Å². The third-order valence-electron chi connectivity index (χ3n) is 5.13. The topological polar surface area (TPSA) is 98.4 Å². The van der Waals surface area contributed by atoms with Crippen molar-refractivity contribution >= 4 is 11.8 Å². The Kier molecular flexibility index (Phi) is 6.77. The highest BCUT2D eigenvalue weighted by molar-refractivity contribution is 5.93. The highest BCUT2D eigenvalue weighted by Crippen LogP contribution is 2.31. The maximum absolute atomic E-state index is 12.7. The molecule has 1 saturated heterocycles. The van der Waals surface area contributed by atoms with E-state index < -0.39 is 17.6 Å². The SMILES string of the molecule is Cc1nc([C@H]2CCN(C(=O)CCCOc3cccc(C(F)(F)F)c3)C2)ncc1C(N)=O. The van der Waals surface area contributed by atoms with E-state index in [4.69, 9.17) is 10.5 Å². The fraction of sp³-hybridized carbons (Fsp3) is 0.429. The maximum Gasteiger partial charge on any atom is 0.416 e. The van der Waals surface area contributed by atoms with Crippen molar-refractivity contribution in [2.45, 2.75) is 38.3 Å². The van der Waals surface area contributed by atoms with Gasteiger partial charge in [0, 0.05) is 31.6 Å². The van der Waals surface area contributed by atoms with Crippen LogP contribution in [0.25, 0.3) is 0 Å². The molecule has 0 saturated carbocycles. The van der Waals surface area contributed by atoms with Gasteiger partial charge in [0.05, 0.1) is 23.4 Å². The van der Waals surface area contributed by atoms with Gasteiger partial charge in [0.1, 0.15) is 11.6 Å². The van der Waals surface area contributed by atoms with Crippen molar-refractivity contribution in [3.63, 3.8) is 0 Å². The number of ether oxygens (including phenoxy) is 1. The summed E-state index contributed by atoms with van der Waals surface area (Å²) in [7, 11) is 0. The van der Waals surface area contributed by atoms with E-state index in [0.29, 0.717) is 37.4 Å². The van der Waals surface area contributed by atoms with Crippen molar-refractivity contribution in [1.82, 2.24) is 14.9 Å². The zero-order chi connectivity index (χ0) is 22.6. The van der Waals surface area contributed by atoms with E-state index in [1.54, 1.807) is 11.8 Å². The summed E-state index contributed by atoms with van der Waals surface area (Å²) in [6.45, 7) is 2.87. The predicted octanol–water partition coefficient (Wildman–Crippen LogP) is 3.08. The number of alkyl halides is 3. The number of carbonyl (C=O) groups excluding carboxylic acids is 2. The van der Waals surface area contributed by atoms with E-state index in [-0.39, 0.29) is 36.2 Å². The Labute approximate surface area is 177 Å². The Morgan fingerprint density at radius 2 is 2.10 bits per heavy atom. The van der Waals surface area contributed by atoms with Crippen LogP contribution in [-0.2, 0) is 11.0 Å². The molecule has 1 atom stereocenters. The molecule has 0 radical (unpaired) electrons. The molecule has 1 aromatic carbocycles. The van der Waals surface area contributed by atoms with Crippen LogP contribution in [0, 0.1) is 6.92 Å². The average molecular weight is 436 g/mol. The van der Waals surface area contributed by atoms with E-state index in [9.17, 15) is 22.8 Å². The monoisotopic (exact) mass is 436 g/mol. The molecule has 0 aliphatic carbocycles. The number of amides is 2. The summed E-state index contributed by atoms with van der Waals surface area (Å²) >= 11 is 0. The van der Waals surface area contributed by atoms with Crippen molar-refractivity contribution in [1.29, 1.82) is 0 Å². The van der Waals surface area contributed by atoms with E-state index in [0.717, 1.165) is 12.1 Å². The van der Waals surface area contributed by atoms with Crippen molar-refractivity contribution in [3.8, 4) is 5.75 Å². The van der Waals surface area contributed by atoms with Gasteiger partial charge in [-0.15, -0.1) is 0 Å². The number of aryl methyl sites for hydroxylation is 1. The number of nitrogens with zero attached hydrogens (tertiary/aromatic N) is 3. The second-order valence-electron chi connectivity index (χ2n) is 7.39. The molecule has 1 fully saturated rings. The second-order valence-corrected chi connectivity index (χ2v) is 7.39. The Hall–Kier alpha value is -3.17. The lowest BCUT2D eigenvalue weighted by molar-refractivity contribution is -0.137. The quantitative estimate of drug-likeness (QED) is 0.673. The first-order valence-electron chi connectivity index (χ1n) is 9.86. The number of nitrogens with two attached hydrogens (primary N) is 1. The van der Waals surface area contributed by atoms with Crippen LogP contribution in [0.3, 0.4) is 0 Å². The van der Waals surface area contributed by atoms with Gasteiger partial charge in [-0.1, -0.05) is 6.07 Å². The molecule has 2 aromatic rings. The molecule has 0 bridgehead atoms. The number of hydrogen-bond acceptors (Lipinski definition) is 5. The number of primary amides is 1. The second kappa shape index (κ2) is 9.32. The van der Waals surface area contributed by atoms with Crippen LogP contribution in [0.1, 0.15) is 52.6 Å². The number of benzene rings is 1. The summed E-state index contributed by atoms with van der Waals surface area (Å²) < 4.78 is 43.6. The molecule has 7 nitrogen and oxygen atoms in total. The fourth-order valence-corrected chi connectivity index (χ4v) is 3.45. The first kappa shape index (κ1) is 22.5. The molecule has 1 aliphatic heterocycles. The van der Waals surface area contributed by atoms with Crippen LogP contribution >= 0.6 is 0 Å². The largest absolute Gasteiger partial charge is 0.494 e. The summed E-state index contributed by atoms with van der Waals surface area (Å²) in [5.41, 5.74) is 5.28. The van der Waals surface area contributed by atoms with Gasteiger partial charge in [-0.3, -0.25) is 9.59 Å². The number of aromatic nitrogens is 2. The molecule has 166 valence electrons. The van der Waals surface area contributed by atoms with E-state index in [2.05, 4.69) is 9.97 Å². The molecule has 2 N–H and O–H groups in total. The lowest BCUT2D eigenvalue weighted by atomic mass is 10.1. The van der Waals surface area contributed by atoms with Gasteiger partial charge in [0.25, 0.3) is 5.91 Å². The molecule has 3 rings (SSSR count). The minimum atomic E-state index is -4.43. The Morgan fingerprint density at radius 3 is 2.77 bits per heavy atom. The highest BCUT2D eigenvalue weighted by atomic mass is 19.4. The molecule has 1 aliphatic rings. The van der Waals surface area contributed by atoms with Crippen molar-refractivity contribution in [2.24, 2.45) is 5.73 Å². The fourth-order valence-electron chi connectivity index (χ4n) is 3.45. The van der Waals surface area contributed by atoms with Gasteiger partial charge in [-0.2, -0.15) is 13.2 Å². The lowest BCUT2D eigenvalue weighted by Gasteiger charge is -2.16. The minimum Gasteiger partial charge on any atom is -0.494 e. The van der Waals surface area contributed by atoms with Crippen LogP contribution < -0.4 is 10.5 Å². The van der Waals surface area contributed by atoms with Crippen LogP contribution in [0.15, 0.2) is 30.5 Å². The smallest absolute Gasteiger partial charge is 0.416 e. The Balaban J connectivity index is 1.46. The molecule has 10 heteroatoms. The van der Waals surface area contributed by atoms with Crippen LogP contribution in [0.5, 0.6) is 5.75 Å². The molecule has 1 aromatic heterocycles. The normalized spacial score (nSPS) is 16.4. The van der Waals surface area contributed by atoms with Gasteiger partial charge in [0.2, 0.25) is 5.91 Å². The summed E-state index contributed by atoms with van der Waals surface area (Å²) in [4.78, 5) is 34.0. The maximum atomic E-state index is 12.7. The molecular weight excluding hydrogens is 413 g/mol. The summed E-state index contributed by atoms with van der Waals surface area (Å²) in [6.07, 6.45) is -1.69. The number of likely N-dealkylation sites (tertiary alicyclic amines) is 1.